The van der Waals surface area contributed by atoms with E-state index in [2.05, 4.69) is 11.4 Å². The van der Waals surface area contributed by atoms with Crippen LogP contribution in [-0.2, 0) is 0 Å². The fraction of sp³-hybridized carbons (Fsp3) is 0.250. The minimum absolute atomic E-state index is 0.133. The highest BCUT2D eigenvalue weighted by atomic mass is 19.1. The van der Waals surface area contributed by atoms with E-state index in [1.165, 1.54) is 6.07 Å². The van der Waals surface area contributed by atoms with Crippen molar-refractivity contribution < 1.29 is 9.31 Å². The van der Waals surface area contributed by atoms with Crippen molar-refractivity contribution in [1.82, 2.24) is 0 Å². The molecule has 0 aromatic heterocycles. The number of nitro groups is 1. The average Bonchev–Trinajstić information content (AvgIpc) is 2.39. The summed E-state index contributed by atoms with van der Waals surface area (Å²) in [5.74, 6) is -0.503. The molecule has 21 heavy (non-hydrogen) atoms. The number of non-ortho nitro benzene ring substituents is 1. The lowest BCUT2D eigenvalue weighted by atomic mass is 10.0. The number of anilines is 1. The topological polar surface area (TPSA) is 55.2 Å². The largest absolute Gasteiger partial charge is 0.376 e. The molecule has 2 aromatic carbocycles. The number of nitro benzene ring substituents is 1. The van der Waals surface area contributed by atoms with Gasteiger partial charge in [-0.05, 0) is 32.4 Å². The SMILES string of the molecule is Cc1cc(C)cc(C(C)Nc2cc([N+](=O)[O-])ccc2F)c1. The van der Waals surface area contributed by atoms with Crippen LogP contribution in [0.5, 0.6) is 0 Å². The molecule has 5 heteroatoms. The zero-order chi connectivity index (χ0) is 15.6. The summed E-state index contributed by atoms with van der Waals surface area (Å²) in [6.45, 7) is 5.89. The van der Waals surface area contributed by atoms with E-state index in [1.54, 1.807) is 0 Å². The lowest BCUT2D eigenvalue weighted by Gasteiger charge is -2.17. The molecule has 1 unspecified atom stereocenters. The van der Waals surface area contributed by atoms with Crippen LogP contribution in [-0.4, -0.2) is 4.92 Å². The third kappa shape index (κ3) is 3.56. The van der Waals surface area contributed by atoms with E-state index in [4.69, 9.17) is 0 Å². The van der Waals surface area contributed by atoms with Crippen LogP contribution in [0.2, 0.25) is 0 Å². The van der Waals surface area contributed by atoms with Gasteiger partial charge in [0, 0.05) is 18.2 Å². The lowest BCUT2D eigenvalue weighted by Crippen LogP contribution is -2.09. The first kappa shape index (κ1) is 15.0. The summed E-state index contributed by atoms with van der Waals surface area (Å²) >= 11 is 0. The van der Waals surface area contributed by atoms with Gasteiger partial charge in [-0.1, -0.05) is 29.3 Å². The molecule has 2 aromatic rings. The Labute approximate surface area is 122 Å². The van der Waals surface area contributed by atoms with Crippen LogP contribution in [0, 0.1) is 29.8 Å². The van der Waals surface area contributed by atoms with E-state index < -0.39 is 10.7 Å². The van der Waals surface area contributed by atoms with Crippen molar-refractivity contribution in [1.29, 1.82) is 0 Å². The van der Waals surface area contributed by atoms with Gasteiger partial charge < -0.3 is 5.32 Å². The van der Waals surface area contributed by atoms with Crippen molar-refractivity contribution >= 4 is 11.4 Å². The zero-order valence-electron chi connectivity index (χ0n) is 12.2. The van der Waals surface area contributed by atoms with Crippen molar-refractivity contribution in [3.63, 3.8) is 0 Å². The Hall–Kier alpha value is -2.43. The first-order valence-corrected chi connectivity index (χ1v) is 6.65. The Kier molecular flexibility index (Phi) is 4.21. The van der Waals surface area contributed by atoms with E-state index in [1.807, 2.05) is 32.9 Å². The van der Waals surface area contributed by atoms with Gasteiger partial charge in [0.1, 0.15) is 5.82 Å². The molecule has 0 aliphatic carbocycles. The zero-order valence-corrected chi connectivity index (χ0v) is 12.2. The molecule has 2 rings (SSSR count). The first-order valence-electron chi connectivity index (χ1n) is 6.65. The molecule has 0 heterocycles. The lowest BCUT2D eigenvalue weighted by molar-refractivity contribution is -0.384. The van der Waals surface area contributed by atoms with Gasteiger partial charge in [-0.25, -0.2) is 4.39 Å². The second kappa shape index (κ2) is 5.91. The molecule has 0 fully saturated rings. The van der Waals surface area contributed by atoms with E-state index in [0.717, 1.165) is 28.8 Å². The molecule has 0 spiro atoms. The van der Waals surface area contributed by atoms with E-state index in [0.29, 0.717) is 0 Å². The Balaban J connectivity index is 2.28. The van der Waals surface area contributed by atoms with Crippen molar-refractivity contribution in [2.45, 2.75) is 26.8 Å². The number of nitrogens with zero attached hydrogens (tertiary/aromatic N) is 1. The van der Waals surface area contributed by atoms with Gasteiger partial charge in [0.25, 0.3) is 5.69 Å². The number of nitrogens with one attached hydrogen (secondary N) is 1. The molecule has 0 amide bonds. The van der Waals surface area contributed by atoms with Crippen molar-refractivity contribution in [3.8, 4) is 0 Å². The monoisotopic (exact) mass is 288 g/mol. The highest BCUT2D eigenvalue weighted by molar-refractivity contribution is 5.53. The number of hydrogen-bond acceptors (Lipinski definition) is 3. The molecule has 110 valence electrons. The number of aryl methyl sites for hydroxylation is 2. The van der Waals surface area contributed by atoms with Crippen molar-refractivity contribution in [3.05, 3.63) is 69.0 Å². The van der Waals surface area contributed by atoms with Crippen molar-refractivity contribution in [2.75, 3.05) is 5.32 Å². The summed E-state index contributed by atoms with van der Waals surface area (Å²) in [5.41, 5.74) is 3.26. The van der Waals surface area contributed by atoms with Gasteiger partial charge >= 0.3 is 0 Å². The maximum atomic E-state index is 13.8. The minimum Gasteiger partial charge on any atom is -0.376 e. The van der Waals surface area contributed by atoms with Crippen LogP contribution in [0.15, 0.2) is 36.4 Å². The maximum Gasteiger partial charge on any atom is 0.271 e. The average molecular weight is 288 g/mol. The Morgan fingerprint density at radius 2 is 1.76 bits per heavy atom. The van der Waals surface area contributed by atoms with Crippen LogP contribution in [0.3, 0.4) is 0 Å². The summed E-state index contributed by atoms with van der Waals surface area (Å²) in [6.07, 6.45) is 0. The molecule has 0 bridgehead atoms. The van der Waals surface area contributed by atoms with E-state index in [-0.39, 0.29) is 17.4 Å². The fourth-order valence-electron chi connectivity index (χ4n) is 2.31. The summed E-state index contributed by atoms with van der Waals surface area (Å²) in [5, 5.41) is 13.8. The van der Waals surface area contributed by atoms with Gasteiger partial charge in [-0.15, -0.1) is 0 Å². The van der Waals surface area contributed by atoms with Gasteiger partial charge in [-0.3, -0.25) is 10.1 Å². The quantitative estimate of drug-likeness (QED) is 0.664. The van der Waals surface area contributed by atoms with E-state index >= 15 is 0 Å². The van der Waals surface area contributed by atoms with Crippen LogP contribution in [0.4, 0.5) is 15.8 Å². The highest BCUT2D eigenvalue weighted by Crippen LogP contribution is 2.26. The molecular weight excluding hydrogens is 271 g/mol. The van der Waals surface area contributed by atoms with Gasteiger partial charge in [0.2, 0.25) is 0 Å². The van der Waals surface area contributed by atoms with Gasteiger partial charge in [0.15, 0.2) is 0 Å². The number of benzene rings is 2. The third-order valence-electron chi connectivity index (χ3n) is 3.28. The Morgan fingerprint density at radius 3 is 2.33 bits per heavy atom. The van der Waals surface area contributed by atoms with Crippen molar-refractivity contribution in [2.24, 2.45) is 0 Å². The van der Waals surface area contributed by atoms with Gasteiger partial charge in [0.05, 0.1) is 10.6 Å². The third-order valence-corrected chi connectivity index (χ3v) is 3.28. The molecule has 0 radical (unpaired) electrons. The normalized spacial score (nSPS) is 12.0. The summed E-state index contributed by atoms with van der Waals surface area (Å²) in [4.78, 5) is 10.2. The number of rotatable bonds is 4. The molecule has 1 atom stereocenters. The maximum absolute atomic E-state index is 13.8. The minimum atomic E-state index is -0.536. The fourth-order valence-corrected chi connectivity index (χ4v) is 2.31. The molecule has 0 aliphatic heterocycles. The summed E-state index contributed by atoms with van der Waals surface area (Å²) < 4.78 is 13.8. The molecule has 0 saturated heterocycles. The predicted molar refractivity (Wildman–Crippen MR) is 81.0 cm³/mol. The molecular formula is C16H17FN2O2. The van der Waals surface area contributed by atoms with Gasteiger partial charge in [-0.2, -0.15) is 0 Å². The second-order valence-corrected chi connectivity index (χ2v) is 5.21. The molecule has 0 saturated carbocycles. The summed E-state index contributed by atoms with van der Waals surface area (Å²) in [7, 11) is 0. The summed E-state index contributed by atoms with van der Waals surface area (Å²) in [6, 6.07) is 9.41. The Bertz CT molecular complexity index is 666. The van der Waals surface area contributed by atoms with E-state index in [9.17, 15) is 14.5 Å². The molecule has 4 nitrogen and oxygen atoms in total. The predicted octanol–water partition coefficient (Wildman–Crippen LogP) is 4.52. The molecule has 0 aliphatic rings. The van der Waals surface area contributed by atoms with Crippen LogP contribution in [0.1, 0.15) is 29.7 Å². The molecule has 1 N–H and O–H groups in total. The first-order chi connectivity index (χ1) is 9.86. The standard InChI is InChI=1S/C16H17FN2O2/c1-10-6-11(2)8-13(7-10)12(3)18-16-9-14(19(20)21)4-5-15(16)17/h4-9,12,18H,1-3H3. The number of hydrogen-bond donors (Lipinski definition) is 1. The smallest absolute Gasteiger partial charge is 0.271 e. The highest BCUT2D eigenvalue weighted by Gasteiger charge is 2.14. The number of halogens is 1. The Morgan fingerprint density at radius 1 is 1.14 bits per heavy atom. The van der Waals surface area contributed by atoms with Crippen LogP contribution < -0.4 is 5.32 Å². The van der Waals surface area contributed by atoms with Crippen LogP contribution >= 0.6 is 0 Å². The second-order valence-electron chi connectivity index (χ2n) is 5.21. The van der Waals surface area contributed by atoms with Crippen LogP contribution in [0.25, 0.3) is 0 Å².